The first-order valence-corrected chi connectivity index (χ1v) is 13.8. The van der Waals surface area contributed by atoms with Crippen molar-refractivity contribution in [2.75, 3.05) is 24.4 Å². The first kappa shape index (κ1) is 27.3. The maximum absolute atomic E-state index is 14.2. The number of anilines is 2. The lowest BCUT2D eigenvalue weighted by atomic mass is 9.78. The third kappa shape index (κ3) is 5.04. The second-order valence-electron chi connectivity index (χ2n) is 10.3. The fraction of sp³-hybridized carbons (Fsp3) is 0.333. The van der Waals surface area contributed by atoms with Crippen molar-refractivity contribution in [1.82, 2.24) is 0 Å². The van der Waals surface area contributed by atoms with Crippen LogP contribution < -0.4 is 24.4 Å². The summed E-state index contributed by atoms with van der Waals surface area (Å²) in [5.74, 6) is 1.72. The van der Waals surface area contributed by atoms with E-state index in [9.17, 15) is 9.59 Å². The van der Waals surface area contributed by atoms with Gasteiger partial charge in [-0.1, -0.05) is 43.3 Å². The van der Waals surface area contributed by atoms with Crippen molar-refractivity contribution in [3.8, 4) is 17.2 Å². The van der Waals surface area contributed by atoms with Crippen molar-refractivity contribution in [3.05, 3.63) is 89.1 Å². The highest BCUT2D eigenvalue weighted by Gasteiger charge is 2.42. The lowest BCUT2D eigenvalue weighted by Gasteiger charge is -2.35. The van der Waals surface area contributed by atoms with Crippen LogP contribution >= 0.6 is 0 Å². The number of ketones is 1. The molecule has 40 heavy (non-hydrogen) atoms. The smallest absolute Gasteiger partial charge is 0.224 e. The predicted molar refractivity (Wildman–Crippen MR) is 156 cm³/mol. The van der Waals surface area contributed by atoms with Crippen molar-refractivity contribution in [1.29, 1.82) is 0 Å². The van der Waals surface area contributed by atoms with Crippen LogP contribution in [-0.2, 0) is 9.59 Å². The van der Waals surface area contributed by atoms with Gasteiger partial charge in [0.2, 0.25) is 5.91 Å². The number of hydrogen-bond acceptors (Lipinski definition) is 6. The average Bonchev–Trinajstić information content (AvgIpc) is 3.11. The van der Waals surface area contributed by atoms with Crippen LogP contribution in [0.2, 0.25) is 0 Å². The molecular weight excluding hydrogens is 504 g/mol. The van der Waals surface area contributed by atoms with Crippen LogP contribution in [0.5, 0.6) is 17.2 Å². The molecule has 0 unspecified atom stereocenters. The van der Waals surface area contributed by atoms with Crippen molar-refractivity contribution in [2.45, 2.75) is 58.1 Å². The van der Waals surface area contributed by atoms with Gasteiger partial charge in [-0.3, -0.25) is 14.5 Å². The van der Waals surface area contributed by atoms with E-state index in [4.69, 9.17) is 14.2 Å². The Labute approximate surface area is 235 Å². The standard InChI is InChI=1S/C33H36N2O5/c1-6-20(2)40-29-14-10-7-11-24(29)33-32-26(34-25-12-8-9-13-27(25)35(33)21(3)36)17-23(18-28(32)37)22-15-16-30(38-4)31(19-22)39-5/h7-16,19-20,23,33-34H,6,17-18H2,1-5H3/t20-,23-,33-/m1/s1. The molecule has 1 aliphatic heterocycles. The third-order valence-corrected chi connectivity index (χ3v) is 7.82. The molecule has 5 rings (SSSR count). The number of nitrogens with one attached hydrogen (secondary N) is 1. The molecule has 7 nitrogen and oxygen atoms in total. The van der Waals surface area contributed by atoms with E-state index in [2.05, 4.69) is 12.2 Å². The molecule has 3 aromatic carbocycles. The van der Waals surface area contributed by atoms with Crippen molar-refractivity contribution in [3.63, 3.8) is 0 Å². The summed E-state index contributed by atoms with van der Waals surface area (Å²) in [5.41, 5.74) is 4.72. The summed E-state index contributed by atoms with van der Waals surface area (Å²) >= 11 is 0. The van der Waals surface area contributed by atoms with Gasteiger partial charge in [-0.05, 0) is 61.6 Å². The van der Waals surface area contributed by atoms with Gasteiger partial charge in [0.15, 0.2) is 17.3 Å². The van der Waals surface area contributed by atoms with Gasteiger partial charge in [0.25, 0.3) is 0 Å². The van der Waals surface area contributed by atoms with Crippen LogP contribution in [0.1, 0.15) is 63.1 Å². The van der Waals surface area contributed by atoms with Gasteiger partial charge in [-0.2, -0.15) is 0 Å². The van der Waals surface area contributed by atoms with E-state index >= 15 is 0 Å². The van der Waals surface area contributed by atoms with E-state index in [-0.39, 0.29) is 23.7 Å². The first-order valence-electron chi connectivity index (χ1n) is 13.8. The van der Waals surface area contributed by atoms with Gasteiger partial charge in [0, 0.05) is 30.2 Å². The number of hydrogen-bond donors (Lipinski definition) is 1. The summed E-state index contributed by atoms with van der Waals surface area (Å²) < 4.78 is 17.3. The maximum atomic E-state index is 14.2. The monoisotopic (exact) mass is 540 g/mol. The number of rotatable bonds is 7. The molecule has 0 radical (unpaired) electrons. The van der Waals surface area contributed by atoms with E-state index in [0.29, 0.717) is 35.7 Å². The van der Waals surface area contributed by atoms with Gasteiger partial charge in [0.1, 0.15) is 5.75 Å². The van der Waals surface area contributed by atoms with E-state index in [1.54, 1.807) is 26.0 Å². The van der Waals surface area contributed by atoms with E-state index in [1.165, 1.54) is 0 Å². The Bertz CT molecular complexity index is 1460. The molecule has 0 aromatic heterocycles. The molecule has 208 valence electrons. The Kier molecular flexibility index (Phi) is 7.83. The zero-order valence-corrected chi connectivity index (χ0v) is 23.7. The molecule has 0 bridgehead atoms. The minimum atomic E-state index is -0.636. The Hall–Kier alpha value is -4.26. The molecule has 0 fully saturated rings. The molecule has 0 spiro atoms. The molecule has 2 aliphatic rings. The zero-order chi connectivity index (χ0) is 28.4. The number of benzene rings is 3. The number of Topliss-reactive ketones (excluding diaryl/α,β-unsaturated/α-hetero) is 1. The number of carbonyl (C=O) groups is 2. The van der Waals surface area contributed by atoms with Crippen LogP contribution in [0.3, 0.4) is 0 Å². The lowest BCUT2D eigenvalue weighted by Crippen LogP contribution is -2.37. The first-order chi connectivity index (χ1) is 19.4. The third-order valence-electron chi connectivity index (χ3n) is 7.82. The second-order valence-corrected chi connectivity index (χ2v) is 10.3. The van der Waals surface area contributed by atoms with Gasteiger partial charge >= 0.3 is 0 Å². The molecule has 3 aromatic rings. The quantitative estimate of drug-likeness (QED) is 0.355. The summed E-state index contributed by atoms with van der Waals surface area (Å²) in [6.45, 7) is 5.64. The Morgan fingerprint density at radius 3 is 2.42 bits per heavy atom. The number of carbonyl (C=O) groups excluding carboxylic acids is 2. The minimum Gasteiger partial charge on any atom is -0.493 e. The summed E-state index contributed by atoms with van der Waals surface area (Å²) in [4.78, 5) is 29.3. The summed E-state index contributed by atoms with van der Waals surface area (Å²) in [6.07, 6.45) is 1.72. The molecule has 1 aliphatic carbocycles. The summed E-state index contributed by atoms with van der Waals surface area (Å²) in [7, 11) is 3.22. The van der Waals surface area contributed by atoms with Crippen molar-refractivity contribution < 1.29 is 23.8 Å². The van der Waals surface area contributed by atoms with Crippen molar-refractivity contribution in [2.24, 2.45) is 0 Å². The fourth-order valence-corrected chi connectivity index (χ4v) is 5.69. The van der Waals surface area contributed by atoms with Crippen LogP contribution in [0, 0.1) is 0 Å². The predicted octanol–water partition coefficient (Wildman–Crippen LogP) is 6.80. The molecular formula is C33H36N2O5. The SMILES string of the molecule is CC[C@@H](C)Oc1ccccc1[C@@H]1C2=C(C[C@@H](c3ccc(OC)c(OC)c3)CC2=O)Nc2ccccc2N1C(C)=O. The highest BCUT2D eigenvalue weighted by molar-refractivity contribution is 6.06. The number of para-hydroxylation sites is 3. The Morgan fingerprint density at radius 1 is 0.975 bits per heavy atom. The Morgan fingerprint density at radius 2 is 1.70 bits per heavy atom. The number of methoxy groups -OCH3 is 2. The molecule has 0 saturated carbocycles. The van der Waals surface area contributed by atoms with Gasteiger partial charge in [-0.25, -0.2) is 0 Å². The summed E-state index contributed by atoms with van der Waals surface area (Å²) in [6, 6.07) is 20.6. The van der Waals surface area contributed by atoms with Crippen LogP contribution in [0.25, 0.3) is 0 Å². The number of fused-ring (bicyclic) bond motifs is 1. The summed E-state index contributed by atoms with van der Waals surface area (Å²) in [5, 5.41) is 3.57. The molecule has 7 heteroatoms. The number of ether oxygens (including phenoxy) is 3. The average molecular weight is 541 g/mol. The highest BCUT2D eigenvalue weighted by Crippen LogP contribution is 2.49. The molecule has 1 N–H and O–H groups in total. The Balaban J connectivity index is 1.68. The van der Waals surface area contributed by atoms with Crippen LogP contribution in [-0.4, -0.2) is 32.0 Å². The molecule has 3 atom stereocenters. The molecule has 1 heterocycles. The lowest BCUT2D eigenvalue weighted by molar-refractivity contribution is -0.117. The fourth-order valence-electron chi connectivity index (χ4n) is 5.69. The van der Waals surface area contributed by atoms with Crippen LogP contribution in [0.4, 0.5) is 11.4 Å². The van der Waals surface area contributed by atoms with Gasteiger partial charge < -0.3 is 19.5 Å². The molecule has 0 saturated heterocycles. The maximum Gasteiger partial charge on any atom is 0.224 e. The van der Waals surface area contributed by atoms with E-state index in [1.807, 2.05) is 73.7 Å². The van der Waals surface area contributed by atoms with Gasteiger partial charge in [-0.15, -0.1) is 0 Å². The number of nitrogens with zero attached hydrogens (tertiary/aromatic N) is 1. The van der Waals surface area contributed by atoms with Gasteiger partial charge in [0.05, 0.1) is 37.7 Å². The highest BCUT2D eigenvalue weighted by atomic mass is 16.5. The van der Waals surface area contributed by atoms with E-state index in [0.717, 1.165) is 34.6 Å². The normalized spacial score (nSPS) is 19.1. The van der Waals surface area contributed by atoms with E-state index < -0.39 is 6.04 Å². The zero-order valence-electron chi connectivity index (χ0n) is 23.7. The minimum absolute atomic E-state index is 0.00376. The number of allylic oxidation sites excluding steroid dienone is 1. The second kappa shape index (κ2) is 11.5. The topological polar surface area (TPSA) is 77.1 Å². The number of amides is 1. The molecule has 1 amide bonds. The largest absolute Gasteiger partial charge is 0.493 e. The van der Waals surface area contributed by atoms with Crippen molar-refractivity contribution >= 4 is 23.1 Å². The van der Waals surface area contributed by atoms with Crippen LogP contribution in [0.15, 0.2) is 78.0 Å².